The molecule has 0 unspecified atom stereocenters. The van der Waals surface area contributed by atoms with Gasteiger partial charge in [-0.1, -0.05) is 18.2 Å². The number of halogens is 3. The number of nitrogens with zero attached hydrogens (tertiary/aromatic N) is 3. The first-order valence-corrected chi connectivity index (χ1v) is 13.8. The minimum absolute atomic E-state index is 0.234. The molecule has 0 aliphatic carbocycles. The molecule has 39 heavy (non-hydrogen) atoms. The molecule has 1 saturated heterocycles. The number of phenolic OH excluding ortho intramolecular Hbond substituents is 1. The first-order valence-electron chi connectivity index (χ1n) is 13.8. The predicted octanol–water partition coefficient (Wildman–Crippen LogP) is 6.47. The predicted molar refractivity (Wildman–Crippen MR) is 149 cm³/mol. The summed E-state index contributed by atoms with van der Waals surface area (Å²) in [5, 5.41) is 9.83. The third-order valence-corrected chi connectivity index (χ3v) is 7.74. The molecular formula is C31H36F3N3O2. The van der Waals surface area contributed by atoms with Gasteiger partial charge in [-0.25, -0.2) is 0 Å². The maximum atomic E-state index is 13.7. The number of benzene rings is 3. The van der Waals surface area contributed by atoms with Crippen LogP contribution in [0.3, 0.4) is 0 Å². The molecule has 0 atom stereocenters. The summed E-state index contributed by atoms with van der Waals surface area (Å²) in [5.74, 6) is 1.04. The van der Waals surface area contributed by atoms with Crippen LogP contribution in [-0.4, -0.2) is 49.3 Å². The Hall–Kier alpha value is -3.39. The van der Waals surface area contributed by atoms with Crippen molar-refractivity contribution in [2.45, 2.75) is 45.5 Å². The highest BCUT2D eigenvalue weighted by atomic mass is 19.4. The van der Waals surface area contributed by atoms with Crippen LogP contribution >= 0.6 is 0 Å². The summed E-state index contributed by atoms with van der Waals surface area (Å²) < 4.78 is 47.2. The van der Waals surface area contributed by atoms with Gasteiger partial charge in [0.1, 0.15) is 18.1 Å². The third kappa shape index (κ3) is 6.61. The van der Waals surface area contributed by atoms with Crippen molar-refractivity contribution in [2.24, 2.45) is 0 Å². The average Bonchev–Trinajstić information content (AvgIpc) is 3.45. The fourth-order valence-electron chi connectivity index (χ4n) is 5.54. The molecule has 2 aliphatic rings. The molecule has 208 valence electrons. The highest BCUT2D eigenvalue weighted by molar-refractivity contribution is 5.73. The SMILES string of the molecule is CCN(Cc1ccc(OCCN2CCCC2)cc1)c1cc(C(F)(F)F)ccc1N1CCc2cc(O)ccc2C1. The number of fused-ring (bicyclic) bond motifs is 1. The molecule has 3 aromatic carbocycles. The summed E-state index contributed by atoms with van der Waals surface area (Å²) in [5.41, 5.74) is 3.87. The Labute approximate surface area is 228 Å². The van der Waals surface area contributed by atoms with Gasteiger partial charge in [0.25, 0.3) is 0 Å². The lowest BCUT2D eigenvalue weighted by molar-refractivity contribution is -0.137. The monoisotopic (exact) mass is 539 g/mol. The standard InChI is InChI=1S/C31H36F3N3O2/c1-2-36(21-23-5-10-28(11-6-23)39-18-17-35-14-3-4-15-35)30-20-26(31(32,33)34)8-12-29(30)37-16-13-24-19-27(38)9-7-25(24)22-37/h5-12,19-20,38H,2-4,13-18,21-22H2,1H3. The molecule has 8 heteroatoms. The Morgan fingerprint density at radius 2 is 1.69 bits per heavy atom. The van der Waals surface area contributed by atoms with E-state index in [-0.39, 0.29) is 5.75 Å². The van der Waals surface area contributed by atoms with Crippen molar-refractivity contribution in [3.05, 3.63) is 82.9 Å². The molecule has 0 spiro atoms. The number of hydrogen-bond donors (Lipinski definition) is 1. The van der Waals surface area contributed by atoms with Crippen molar-refractivity contribution in [3.63, 3.8) is 0 Å². The smallest absolute Gasteiger partial charge is 0.416 e. The Morgan fingerprint density at radius 3 is 2.41 bits per heavy atom. The second-order valence-electron chi connectivity index (χ2n) is 10.4. The number of rotatable bonds is 9. The van der Waals surface area contributed by atoms with E-state index in [0.717, 1.165) is 54.2 Å². The van der Waals surface area contributed by atoms with Gasteiger partial charge < -0.3 is 19.6 Å². The number of ether oxygens (including phenoxy) is 1. The normalized spacial score (nSPS) is 15.8. The fraction of sp³-hybridized carbons (Fsp3) is 0.419. The van der Waals surface area contributed by atoms with Gasteiger partial charge in [0, 0.05) is 32.7 Å². The largest absolute Gasteiger partial charge is 0.508 e. The van der Waals surface area contributed by atoms with Crippen LogP contribution in [0.1, 0.15) is 42.0 Å². The average molecular weight is 540 g/mol. The molecule has 0 radical (unpaired) electrons. The maximum Gasteiger partial charge on any atom is 0.416 e. The molecule has 5 nitrogen and oxygen atoms in total. The van der Waals surface area contributed by atoms with Crippen LogP contribution in [0.5, 0.6) is 11.5 Å². The number of alkyl halides is 3. The molecule has 2 heterocycles. The number of anilines is 2. The Balaban J connectivity index is 1.34. The van der Waals surface area contributed by atoms with Crippen molar-refractivity contribution in [1.82, 2.24) is 4.90 Å². The molecule has 0 saturated carbocycles. The van der Waals surface area contributed by atoms with E-state index in [4.69, 9.17) is 4.74 Å². The minimum atomic E-state index is -4.42. The topological polar surface area (TPSA) is 39.2 Å². The van der Waals surface area contributed by atoms with Gasteiger partial charge in [0.2, 0.25) is 0 Å². The van der Waals surface area contributed by atoms with Gasteiger partial charge in [-0.05, 0) is 98.4 Å². The van der Waals surface area contributed by atoms with E-state index < -0.39 is 11.7 Å². The molecular weight excluding hydrogens is 503 g/mol. The summed E-state index contributed by atoms with van der Waals surface area (Å²) in [7, 11) is 0. The molecule has 2 aliphatic heterocycles. The molecule has 1 N–H and O–H groups in total. The number of phenols is 1. The fourth-order valence-corrected chi connectivity index (χ4v) is 5.54. The van der Waals surface area contributed by atoms with E-state index in [1.54, 1.807) is 18.2 Å². The quantitative estimate of drug-likeness (QED) is 0.337. The lowest BCUT2D eigenvalue weighted by atomic mass is 9.98. The molecule has 1 fully saturated rings. The summed E-state index contributed by atoms with van der Waals surface area (Å²) in [4.78, 5) is 6.54. The van der Waals surface area contributed by atoms with Crippen LogP contribution in [0.4, 0.5) is 24.5 Å². The van der Waals surface area contributed by atoms with E-state index in [1.165, 1.54) is 25.0 Å². The summed E-state index contributed by atoms with van der Waals surface area (Å²) in [6, 6.07) is 17.3. The zero-order chi connectivity index (χ0) is 27.4. The zero-order valence-corrected chi connectivity index (χ0v) is 22.4. The number of aromatic hydroxyl groups is 1. The molecule has 0 amide bonds. The number of hydrogen-bond acceptors (Lipinski definition) is 5. The van der Waals surface area contributed by atoms with Gasteiger partial charge in [-0.15, -0.1) is 0 Å². The van der Waals surface area contributed by atoms with Crippen LogP contribution < -0.4 is 14.5 Å². The highest BCUT2D eigenvalue weighted by Crippen LogP contribution is 2.39. The molecule has 3 aromatic rings. The first-order chi connectivity index (χ1) is 18.8. The van der Waals surface area contributed by atoms with Crippen molar-refractivity contribution >= 4 is 11.4 Å². The summed E-state index contributed by atoms with van der Waals surface area (Å²) in [6.07, 6.45) is -1.19. The first kappa shape index (κ1) is 27.2. The summed E-state index contributed by atoms with van der Waals surface area (Å²) in [6.45, 7) is 8.09. The molecule has 0 bridgehead atoms. The Kier molecular flexibility index (Phi) is 8.21. The molecule has 0 aromatic heterocycles. The highest BCUT2D eigenvalue weighted by Gasteiger charge is 2.32. The Bertz CT molecular complexity index is 1260. The second-order valence-corrected chi connectivity index (χ2v) is 10.4. The van der Waals surface area contributed by atoms with Crippen molar-refractivity contribution < 1.29 is 23.0 Å². The van der Waals surface area contributed by atoms with E-state index in [9.17, 15) is 18.3 Å². The van der Waals surface area contributed by atoms with E-state index in [1.807, 2.05) is 42.2 Å². The maximum absolute atomic E-state index is 13.7. The van der Waals surface area contributed by atoms with Crippen LogP contribution in [0.25, 0.3) is 0 Å². The van der Waals surface area contributed by atoms with Crippen LogP contribution in [0.2, 0.25) is 0 Å². The van der Waals surface area contributed by atoms with Crippen molar-refractivity contribution in [1.29, 1.82) is 0 Å². The lowest BCUT2D eigenvalue weighted by Crippen LogP contribution is -2.33. The van der Waals surface area contributed by atoms with Crippen LogP contribution in [0.15, 0.2) is 60.7 Å². The van der Waals surface area contributed by atoms with Gasteiger partial charge in [-0.2, -0.15) is 13.2 Å². The lowest BCUT2D eigenvalue weighted by Gasteiger charge is -2.35. The molecule has 5 rings (SSSR count). The van der Waals surface area contributed by atoms with E-state index >= 15 is 0 Å². The zero-order valence-electron chi connectivity index (χ0n) is 22.4. The Morgan fingerprint density at radius 1 is 0.923 bits per heavy atom. The van der Waals surface area contributed by atoms with E-state index in [2.05, 4.69) is 9.80 Å². The second kappa shape index (κ2) is 11.8. The van der Waals surface area contributed by atoms with Gasteiger partial charge in [-0.3, -0.25) is 4.90 Å². The van der Waals surface area contributed by atoms with Crippen molar-refractivity contribution in [3.8, 4) is 11.5 Å². The van der Waals surface area contributed by atoms with Gasteiger partial charge >= 0.3 is 6.18 Å². The van der Waals surface area contributed by atoms with Crippen LogP contribution in [-0.2, 0) is 25.7 Å². The minimum Gasteiger partial charge on any atom is -0.508 e. The number of likely N-dealkylation sites (tertiary alicyclic amines) is 1. The van der Waals surface area contributed by atoms with E-state index in [0.29, 0.717) is 38.5 Å². The van der Waals surface area contributed by atoms with Crippen molar-refractivity contribution in [2.75, 3.05) is 49.1 Å². The van der Waals surface area contributed by atoms with Gasteiger partial charge in [0.05, 0.1) is 16.9 Å². The summed E-state index contributed by atoms with van der Waals surface area (Å²) >= 11 is 0. The third-order valence-electron chi connectivity index (χ3n) is 7.74. The van der Waals surface area contributed by atoms with Crippen LogP contribution in [0, 0.1) is 0 Å². The van der Waals surface area contributed by atoms with Gasteiger partial charge in [0.15, 0.2) is 0 Å².